The SMILES string of the molecule is CCCOc1cc(C(=O)N2CCC(N3CCN(C)CC3)CC2)ccc1Nc1cc2c(cn1)N(C)C(=O)c1ccccc1N2C. The zero-order valence-electron chi connectivity index (χ0n) is 26.3. The molecule has 232 valence electrons. The maximum absolute atomic E-state index is 13.6. The van der Waals surface area contributed by atoms with E-state index in [0.717, 1.165) is 81.3 Å². The summed E-state index contributed by atoms with van der Waals surface area (Å²) in [6.07, 6.45) is 4.59. The Bertz CT molecular complexity index is 1510. The van der Waals surface area contributed by atoms with Gasteiger partial charge in [0.15, 0.2) is 0 Å². The Morgan fingerprint density at radius 1 is 0.909 bits per heavy atom. The van der Waals surface area contributed by atoms with Gasteiger partial charge in [-0.2, -0.15) is 0 Å². The van der Waals surface area contributed by atoms with Crippen molar-refractivity contribution in [2.75, 3.05) is 82.1 Å². The van der Waals surface area contributed by atoms with E-state index < -0.39 is 0 Å². The number of nitrogens with zero attached hydrogens (tertiary/aromatic N) is 6. The van der Waals surface area contributed by atoms with Gasteiger partial charge >= 0.3 is 0 Å². The van der Waals surface area contributed by atoms with Gasteiger partial charge in [-0.3, -0.25) is 14.5 Å². The molecule has 0 unspecified atom stereocenters. The molecule has 2 saturated heterocycles. The van der Waals surface area contributed by atoms with Crippen molar-refractivity contribution in [3.63, 3.8) is 0 Å². The summed E-state index contributed by atoms with van der Waals surface area (Å²) in [5, 5.41) is 3.41. The summed E-state index contributed by atoms with van der Waals surface area (Å²) in [5.41, 5.74) is 4.42. The van der Waals surface area contributed by atoms with Crippen molar-refractivity contribution in [1.29, 1.82) is 0 Å². The summed E-state index contributed by atoms with van der Waals surface area (Å²) < 4.78 is 6.14. The summed E-state index contributed by atoms with van der Waals surface area (Å²) in [7, 11) is 5.91. The number of ether oxygens (including phenoxy) is 1. The minimum atomic E-state index is -0.0761. The van der Waals surface area contributed by atoms with E-state index in [1.807, 2.05) is 65.4 Å². The fourth-order valence-electron chi connectivity index (χ4n) is 6.43. The van der Waals surface area contributed by atoms with Crippen molar-refractivity contribution < 1.29 is 14.3 Å². The molecule has 0 spiro atoms. The molecule has 2 fully saturated rings. The number of likely N-dealkylation sites (tertiary alicyclic amines) is 1. The Labute approximate surface area is 260 Å². The first-order chi connectivity index (χ1) is 21.3. The molecule has 44 heavy (non-hydrogen) atoms. The maximum Gasteiger partial charge on any atom is 0.260 e. The number of piperazine rings is 1. The lowest BCUT2D eigenvalue weighted by atomic mass is 10.0. The predicted octanol–water partition coefficient (Wildman–Crippen LogP) is 4.82. The predicted molar refractivity (Wildman–Crippen MR) is 175 cm³/mol. The molecule has 0 aliphatic carbocycles. The highest BCUT2D eigenvalue weighted by molar-refractivity contribution is 6.13. The van der Waals surface area contributed by atoms with Crippen molar-refractivity contribution in [2.24, 2.45) is 0 Å². The van der Waals surface area contributed by atoms with E-state index in [1.54, 1.807) is 18.1 Å². The molecule has 0 atom stereocenters. The number of rotatable bonds is 7. The molecule has 0 bridgehead atoms. The van der Waals surface area contributed by atoms with Crippen molar-refractivity contribution in [3.8, 4) is 5.75 Å². The normalized spacial score (nSPS) is 18.1. The van der Waals surface area contributed by atoms with Gasteiger partial charge in [0.2, 0.25) is 0 Å². The largest absolute Gasteiger partial charge is 0.491 e. The number of aromatic nitrogens is 1. The second-order valence-electron chi connectivity index (χ2n) is 12.0. The van der Waals surface area contributed by atoms with Crippen molar-refractivity contribution >= 4 is 40.4 Å². The molecule has 10 nitrogen and oxygen atoms in total. The van der Waals surface area contributed by atoms with Gasteiger partial charge in [-0.25, -0.2) is 4.98 Å². The highest BCUT2D eigenvalue weighted by Crippen LogP contribution is 2.40. The van der Waals surface area contributed by atoms with Crippen LogP contribution in [0.15, 0.2) is 54.7 Å². The van der Waals surface area contributed by atoms with Crippen LogP contribution < -0.4 is 19.9 Å². The molecule has 3 aliphatic heterocycles. The van der Waals surface area contributed by atoms with E-state index in [2.05, 4.69) is 34.1 Å². The number of pyridine rings is 1. The van der Waals surface area contributed by atoms with Crippen LogP contribution in [0.25, 0.3) is 0 Å². The lowest BCUT2D eigenvalue weighted by Crippen LogP contribution is -2.52. The maximum atomic E-state index is 13.6. The van der Waals surface area contributed by atoms with E-state index in [1.165, 1.54) is 0 Å². The van der Waals surface area contributed by atoms with Crippen molar-refractivity contribution in [2.45, 2.75) is 32.2 Å². The van der Waals surface area contributed by atoms with Gasteiger partial charge < -0.3 is 29.7 Å². The number of amides is 2. The van der Waals surface area contributed by atoms with Gasteiger partial charge in [0.25, 0.3) is 11.8 Å². The number of para-hydroxylation sites is 1. The number of hydrogen-bond donors (Lipinski definition) is 1. The Morgan fingerprint density at radius 2 is 1.66 bits per heavy atom. The Kier molecular flexibility index (Phi) is 8.72. The zero-order valence-corrected chi connectivity index (χ0v) is 26.3. The Hall–Kier alpha value is -4.15. The molecule has 2 aromatic carbocycles. The fourth-order valence-corrected chi connectivity index (χ4v) is 6.43. The van der Waals surface area contributed by atoms with Crippen LogP contribution in [0.3, 0.4) is 0 Å². The lowest BCUT2D eigenvalue weighted by molar-refractivity contribution is 0.0518. The van der Waals surface area contributed by atoms with Gasteiger partial charge in [-0.15, -0.1) is 0 Å². The van der Waals surface area contributed by atoms with Crippen LogP contribution in [0.5, 0.6) is 5.75 Å². The third-order valence-electron chi connectivity index (χ3n) is 9.14. The second kappa shape index (κ2) is 12.8. The number of anilines is 5. The molecule has 0 saturated carbocycles. The number of benzene rings is 2. The Balaban J connectivity index is 1.19. The van der Waals surface area contributed by atoms with Crippen LogP contribution in [0.2, 0.25) is 0 Å². The van der Waals surface area contributed by atoms with Crippen LogP contribution in [-0.4, -0.2) is 105 Å². The van der Waals surface area contributed by atoms with E-state index in [-0.39, 0.29) is 11.8 Å². The van der Waals surface area contributed by atoms with Gasteiger partial charge in [0.05, 0.1) is 41.1 Å². The summed E-state index contributed by atoms with van der Waals surface area (Å²) in [4.78, 5) is 42.0. The number of nitrogens with one attached hydrogen (secondary N) is 1. The number of hydrogen-bond acceptors (Lipinski definition) is 8. The van der Waals surface area contributed by atoms with Crippen LogP contribution in [0, 0.1) is 0 Å². The average molecular weight is 598 g/mol. The van der Waals surface area contributed by atoms with Gasteiger partial charge in [-0.1, -0.05) is 19.1 Å². The quantitative estimate of drug-likeness (QED) is 0.415. The summed E-state index contributed by atoms with van der Waals surface area (Å²) in [6, 6.07) is 15.7. The topological polar surface area (TPSA) is 84.5 Å². The van der Waals surface area contributed by atoms with E-state index in [9.17, 15) is 9.59 Å². The molecule has 3 aliphatic rings. The molecule has 0 radical (unpaired) electrons. The first kappa shape index (κ1) is 29.9. The summed E-state index contributed by atoms with van der Waals surface area (Å²) in [5.74, 6) is 1.20. The number of carbonyl (C=O) groups excluding carboxylic acids is 2. The highest BCUT2D eigenvalue weighted by Gasteiger charge is 2.30. The standard InChI is InChI=1S/C34H43N7O3/c1-5-20-44-31-21-24(33(42)41-14-12-25(13-15-41)40-18-16-37(2)17-19-40)10-11-27(31)36-32-22-29-30(23-35-32)39(4)34(43)26-8-6-7-9-28(26)38(29)3/h6-11,21-23,25H,5,12-20H2,1-4H3,(H,35,36). The van der Waals surface area contributed by atoms with Gasteiger partial charge in [0.1, 0.15) is 11.6 Å². The lowest BCUT2D eigenvalue weighted by Gasteiger charge is -2.42. The fraction of sp³-hybridized carbons (Fsp3) is 0.441. The van der Waals surface area contributed by atoms with Crippen LogP contribution >= 0.6 is 0 Å². The first-order valence-electron chi connectivity index (χ1n) is 15.7. The molecular weight excluding hydrogens is 554 g/mol. The summed E-state index contributed by atoms with van der Waals surface area (Å²) in [6.45, 7) is 8.59. The number of likely N-dealkylation sites (N-methyl/N-ethyl adjacent to an activating group) is 1. The average Bonchev–Trinajstić information content (AvgIpc) is 3.13. The third kappa shape index (κ3) is 5.96. The van der Waals surface area contributed by atoms with Gasteiger partial charge in [-0.05, 0) is 56.6 Å². The molecule has 4 heterocycles. The van der Waals surface area contributed by atoms with E-state index in [0.29, 0.717) is 35.3 Å². The second-order valence-corrected chi connectivity index (χ2v) is 12.0. The molecule has 6 rings (SSSR count). The monoisotopic (exact) mass is 597 g/mol. The third-order valence-corrected chi connectivity index (χ3v) is 9.14. The van der Waals surface area contributed by atoms with Crippen LogP contribution in [0.4, 0.5) is 28.6 Å². The van der Waals surface area contributed by atoms with Gasteiger partial charge in [0, 0.05) is 71.0 Å². The number of piperidine rings is 1. The minimum Gasteiger partial charge on any atom is -0.491 e. The Morgan fingerprint density at radius 3 is 2.41 bits per heavy atom. The van der Waals surface area contributed by atoms with Crippen molar-refractivity contribution in [1.82, 2.24) is 19.7 Å². The molecule has 10 heteroatoms. The molecule has 3 aromatic rings. The smallest absolute Gasteiger partial charge is 0.260 e. The number of fused-ring (bicyclic) bond motifs is 2. The molecule has 1 aromatic heterocycles. The first-order valence-corrected chi connectivity index (χ1v) is 15.7. The van der Waals surface area contributed by atoms with Crippen molar-refractivity contribution in [3.05, 3.63) is 65.9 Å². The molecule has 2 amide bonds. The summed E-state index contributed by atoms with van der Waals surface area (Å²) >= 11 is 0. The molecule has 1 N–H and O–H groups in total. The van der Waals surface area contributed by atoms with Crippen LogP contribution in [0.1, 0.15) is 46.9 Å². The van der Waals surface area contributed by atoms with E-state index >= 15 is 0 Å². The number of carbonyl (C=O) groups is 2. The zero-order chi connectivity index (χ0) is 30.8. The molecular formula is C34H43N7O3. The van der Waals surface area contributed by atoms with Crippen LogP contribution in [-0.2, 0) is 0 Å². The minimum absolute atomic E-state index is 0.0471. The highest BCUT2D eigenvalue weighted by atomic mass is 16.5. The van der Waals surface area contributed by atoms with E-state index in [4.69, 9.17) is 4.74 Å².